The standard InChI is InChI=1S/C13H12Cl2OS/c1-7-3-4-8(2)9(5-7)12(16)10-6-11(14)17-13(10)15/h3-6,12,16H,1-2H3. The molecule has 1 N–H and O–H groups in total. The lowest BCUT2D eigenvalue weighted by atomic mass is 9.97. The van der Waals surface area contributed by atoms with Crippen LogP contribution < -0.4 is 0 Å². The van der Waals surface area contributed by atoms with Gasteiger partial charge in [-0.2, -0.15) is 0 Å². The summed E-state index contributed by atoms with van der Waals surface area (Å²) < 4.78 is 1.14. The number of rotatable bonds is 2. The summed E-state index contributed by atoms with van der Waals surface area (Å²) in [6.45, 7) is 3.97. The van der Waals surface area contributed by atoms with E-state index >= 15 is 0 Å². The number of aliphatic hydroxyl groups excluding tert-OH is 1. The topological polar surface area (TPSA) is 20.2 Å². The third kappa shape index (κ3) is 2.66. The fourth-order valence-electron chi connectivity index (χ4n) is 1.76. The molecule has 0 spiro atoms. The first-order valence-corrected chi connectivity index (χ1v) is 6.76. The van der Waals surface area contributed by atoms with Crippen molar-refractivity contribution in [2.24, 2.45) is 0 Å². The van der Waals surface area contributed by atoms with Crippen LogP contribution in [0.1, 0.15) is 28.4 Å². The van der Waals surface area contributed by atoms with Gasteiger partial charge in [-0.1, -0.05) is 47.0 Å². The molecule has 1 heterocycles. The van der Waals surface area contributed by atoms with Crippen LogP contribution in [-0.4, -0.2) is 5.11 Å². The predicted molar refractivity (Wildman–Crippen MR) is 74.3 cm³/mol. The van der Waals surface area contributed by atoms with E-state index in [9.17, 15) is 5.11 Å². The third-order valence-corrected chi connectivity index (χ3v) is 4.22. The van der Waals surface area contributed by atoms with E-state index in [0.29, 0.717) is 14.2 Å². The number of aryl methyl sites for hydroxylation is 2. The molecule has 0 fully saturated rings. The molecule has 90 valence electrons. The summed E-state index contributed by atoms with van der Waals surface area (Å²) in [6, 6.07) is 7.71. The van der Waals surface area contributed by atoms with E-state index in [2.05, 4.69) is 0 Å². The van der Waals surface area contributed by atoms with Crippen LogP contribution in [0.2, 0.25) is 8.67 Å². The second kappa shape index (κ2) is 4.99. The number of benzene rings is 1. The molecular formula is C13H12Cl2OS. The number of hydrogen-bond donors (Lipinski definition) is 1. The summed E-state index contributed by atoms with van der Waals surface area (Å²) in [6.07, 6.45) is -0.717. The van der Waals surface area contributed by atoms with Crippen molar-refractivity contribution in [2.45, 2.75) is 20.0 Å². The van der Waals surface area contributed by atoms with Crippen LogP contribution in [0.4, 0.5) is 0 Å². The van der Waals surface area contributed by atoms with Crippen LogP contribution in [0.3, 0.4) is 0 Å². The highest BCUT2D eigenvalue weighted by molar-refractivity contribution is 7.20. The van der Waals surface area contributed by atoms with Crippen LogP contribution in [0.25, 0.3) is 0 Å². The Morgan fingerprint density at radius 2 is 1.82 bits per heavy atom. The molecule has 0 aliphatic heterocycles. The van der Waals surface area contributed by atoms with E-state index in [1.165, 1.54) is 11.3 Å². The summed E-state index contributed by atoms with van der Waals surface area (Å²) in [7, 11) is 0. The number of aliphatic hydroxyl groups is 1. The molecule has 0 bridgehead atoms. The number of thiophene rings is 1. The maximum Gasteiger partial charge on any atom is 0.107 e. The SMILES string of the molecule is Cc1ccc(C)c(C(O)c2cc(Cl)sc2Cl)c1. The van der Waals surface area contributed by atoms with Crippen molar-refractivity contribution in [3.05, 3.63) is 55.2 Å². The second-order valence-corrected chi connectivity index (χ2v) is 6.33. The van der Waals surface area contributed by atoms with Gasteiger partial charge in [-0.3, -0.25) is 0 Å². The van der Waals surface area contributed by atoms with E-state index < -0.39 is 6.10 Å². The minimum absolute atomic E-state index is 0.545. The molecule has 0 aliphatic carbocycles. The highest BCUT2D eigenvalue weighted by Gasteiger charge is 2.18. The summed E-state index contributed by atoms with van der Waals surface area (Å²) >= 11 is 13.2. The van der Waals surface area contributed by atoms with Crippen molar-refractivity contribution in [2.75, 3.05) is 0 Å². The van der Waals surface area contributed by atoms with Gasteiger partial charge in [-0.15, -0.1) is 11.3 Å². The molecule has 2 rings (SSSR count). The smallest absolute Gasteiger partial charge is 0.107 e. The average Bonchev–Trinajstić information content (AvgIpc) is 2.60. The molecule has 1 unspecified atom stereocenters. The molecule has 2 aromatic rings. The lowest BCUT2D eigenvalue weighted by Gasteiger charge is -2.14. The minimum Gasteiger partial charge on any atom is -0.384 e. The first kappa shape index (κ1) is 12.9. The van der Waals surface area contributed by atoms with Crippen LogP contribution in [0.5, 0.6) is 0 Å². The summed E-state index contributed by atoms with van der Waals surface area (Å²) in [5, 5.41) is 10.4. The molecule has 0 saturated carbocycles. The molecular weight excluding hydrogens is 275 g/mol. The Balaban J connectivity index is 2.46. The predicted octanol–water partition coefficient (Wildman–Crippen LogP) is 4.75. The first-order valence-electron chi connectivity index (χ1n) is 5.19. The van der Waals surface area contributed by atoms with Gasteiger partial charge in [0.1, 0.15) is 10.4 Å². The molecule has 1 aromatic carbocycles. The van der Waals surface area contributed by atoms with Crippen molar-refractivity contribution in [3.8, 4) is 0 Å². The van der Waals surface area contributed by atoms with Gasteiger partial charge in [-0.25, -0.2) is 0 Å². The van der Waals surface area contributed by atoms with Crippen LogP contribution in [-0.2, 0) is 0 Å². The van der Waals surface area contributed by atoms with Gasteiger partial charge in [0.2, 0.25) is 0 Å². The Morgan fingerprint density at radius 1 is 1.12 bits per heavy atom. The van der Waals surface area contributed by atoms with E-state index in [0.717, 1.165) is 16.7 Å². The maximum absolute atomic E-state index is 10.4. The highest BCUT2D eigenvalue weighted by atomic mass is 35.5. The quantitative estimate of drug-likeness (QED) is 0.844. The molecule has 1 atom stereocenters. The zero-order chi connectivity index (χ0) is 12.6. The fourth-order valence-corrected chi connectivity index (χ4v) is 3.28. The maximum atomic E-state index is 10.4. The molecule has 0 radical (unpaired) electrons. The summed E-state index contributed by atoms with van der Waals surface area (Å²) in [5.41, 5.74) is 3.71. The van der Waals surface area contributed by atoms with Crippen molar-refractivity contribution in [3.63, 3.8) is 0 Å². The van der Waals surface area contributed by atoms with Crippen LogP contribution >= 0.6 is 34.5 Å². The normalized spacial score (nSPS) is 12.8. The molecule has 0 aliphatic rings. The first-order chi connectivity index (χ1) is 7.99. The zero-order valence-corrected chi connectivity index (χ0v) is 11.8. The molecule has 4 heteroatoms. The third-order valence-electron chi connectivity index (χ3n) is 2.71. The van der Waals surface area contributed by atoms with Crippen LogP contribution in [0, 0.1) is 13.8 Å². The Bertz CT molecular complexity index is 548. The summed E-state index contributed by atoms with van der Waals surface area (Å²) in [4.78, 5) is 0. The van der Waals surface area contributed by atoms with Crippen molar-refractivity contribution in [1.29, 1.82) is 0 Å². The second-order valence-electron chi connectivity index (χ2n) is 4.04. The molecule has 17 heavy (non-hydrogen) atoms. The van der Waals surface area contributed by atoms with Gasteiger partial charge in [-0.05, 0) is 31.0 Å². The van der Waals surface area contributed by atoms with E-state index in [1.807, 2.05) is 32.0 Å². The number of hydrogen-bond acceptors (Lipinski definition) is 2. The molecule has 1 aromatic heterocycles. The largest absolute Gasteiger partial charge is 0.384 e. The molecule has 1 nitrogen and oxygen atoms in total. The van der Waals surface area contributed by atoms with Gasteiger partial charge in [0.05, 0.1) is 4.34 Å². The Labute approximate surface area is 115 Å². The number of halogens is 2. The van der Waals surface area contributed by atoms with Gasteiger partial charge < -0.3 is 5.11 Å². The highest BCUT2D eigenvalue weighted by Crippen LogP contribution is 2.38. The minimum atomic E-state index is -0.717. The van der Waals surface area contributed by atoms with E-state index in [4.69, 9.17) is 23.2 Å². The van der Waals surface area contributed by atoms with Gasteiger partial charge in [0, 0.05) is 5.56 Å². The van der Waals surface area contributed by atoms with Gasteiger partial charge >= 0.3 is 0 Å². The average molecular weight is 287 g/mol. The van der Waals surface area contributed by atoms with Crippen molar-refractivity contribution >= 4 is 34.5 Å². The lowest BCUT2D eigenvalue weighted by Crippen LogP contribution is -2.01. The van der Waals surface area contributed by atoms with E-state index in [-0.39, 0.29) is 0 Å². The van der Waals surface area contributed by atoms with Crippen molar-refractivity contribution < 1.29 is 5.11 Å². The Morgan fingerprint density at radius 3 is 2.41 bits per heavy atom. The van der Waals surface area contributed by atoms with Crippen molar-refractivity contribution in [1.82, 2.24) is 0 Å². The Kier molecular flexibility index (Phi) is 3.79. The fraction of sp³-hybridized carbons (Fsp3) is 0.231. The molecule has 0 amide bonds. The monoisotopic (exact) mass is 286 g/mol. The van der Waals surface area contributed by atoms with Gasteiger partial charge in [0.15, 0.2) is 0 Å². The Hall–Kier alpha value is -0.540. The lowest BCUT2D eigenvalue weighted by molar-refractivity contribution is 0.220. The summed E-state index contributed by atoms with van der Waals surface area (Å²) in [5.74, 6) is 0. The van der Waals surface area contributed by atoms with Crippen LogP contribution in [0.15, 0.2) is 24.3 Å². The zero-order valence-electron chi connectivity index (χ0n) is 9.50. The molecule has 0 saturated heterocycles. The van der Waals surface area contributed by atoms with E-state index in [1.54, 1.807) is 6.07 Å². The van der Waals surface area contributed by atoms with Gasteiger partial charge in [0.25, 0.3) is 0 Å².